The number of carbonyl (C=O) groups excluding carboxylic acids is 1. The van der Waals surface area contributed by atoms with Gasteiger partial charge in [0.25, 0.3) is 0 Å². The van der Waals surface area contributed by atoms with Crippen molar-refractivity contribution in [3.8, 4) is 0 Å². The van der Waals surface area contributed by atoms with Gasteiger partial charge in [-0.1, -0.05) is 38.5 Å². The largest absolute Gasteiger partial charge is 0.355 e. The van der Waals surface area contributed by atoms with Gasteiger partial charge in [0.15, 0.2) is 0 Å². The van der Waals surface area contributed by atoms with Crippen LogP contribution in [0.3, 0.4) is 0 Å². The number of piperidine rings is 2. The Hall–Kier alpha value is -0.700. The van der Waals surface area contributed by atoms with E-state index in [4.69, 9.17) is 0 Å². The number of nitrogens with zero attached hydrogens (tertiary/aromatic N) is 2. The third kappa shape index (κ3) is 5.50. The van der Waals surface area contributed by atoms with E-state index in [1.54, 1.807) is 0 Å². The first-order valence-electron chi connectivity index (χ1n) is 14.3. The first-order valence-corrected chi connectivity index (χ1v) is 15.8. The average Bonchev–Trinajstić information content (AvgIpc) is 3.32. The van der Waals surface area contributed by atoms with E-state index in [1.165, 1.54) is 38.5 Å². The number of amides is 1. The predicted octanol–water partition coefficient (Wildman–Crippen LogP) is 3.27. The summed E-state index contributed by atoms with van der Waals surface area (Å²) >= 11 is 0. The molecule has 2 saturated carbocycles. The summed E-state index contributed by atoms with van der Waals surface area (Å²) in [6, 6.07) is 0.286. The Labute approximate surface area is 206 Å². The first-order chi connectivity index (χ1) is 16.5. The Morgan fingerprint density at radius 3 is 2.18 bits per heavy atom. The minimum atomic E-state index is -3.13. The number of nitrogens with one attached hydrogen (secondary N) is 2. The fraction of sp³-hybridized carbons (Fsp3) is 0.962. The van der Waals surface area contributed by atoms with Crippen LogP contribution in [0.15, 0.2) is 0 Å². The van der Waals surface area contributed by atoms with Crippen molar-refractivity contribution in [2.75, 3.05) is 32.7 Å². The quantitative estimate of drug-likeness (QED) is 0.592. The fourth-order valence-corrected chi connectivity index (χ4v) is 9.66. The minimum absolute atomic E-state index is 0.0400. The van der Waals surface area contributed by atoms with Crippen molar-refractivity contribution in [1.82, 2.24) is 20.1 Å². The van der Waals surface area contributed by atoms with E-state index < -0.39 is 10.0 Å². The maximum atomic E-state index is 13.1. The van der Waals surface area contributed by atoms with Crippen molar-refractivity contribution >= 4 is 15.9 Å². The molecule has 194 valence electrons. The third-order valence-corrected chi connectivity index (χ3v) is 12.2. The number of fused-ring (bicyclic) bond motifs is 1. The van der Waals surface area contributed by atoms with E-state index >= 15 is 0 Å². The van der Waals surface area contributed by atoms with Gasteiger partial charge in [-0.3, -0.25) is 10.2 Å². The molecule has 0 spiro atoms. The molecular formula is C26H46N4O3S. The van der Waals surface area contributed by atoms with Gasteiger partial charge in [0.1, 0.15) is 0 Å². The Balaban J connectivity index is 1.12. The molecule has 0 bridgehead atoms. The highest BCUT2D eigenvalue weighted by molar-refractivity contribution is 7.89. The molecule has 0 radical (unpaired) electrons. The van der Waals surface area contributed by atoms with E-state index in [2.05, 4.69) is 15.8 Å². The van der Waals surface area contributed by atoms with Crippen molar-refractivity contribution in [1.29, 1.82) is 0 Å². The molecule has 5 aliphatic rings. The zero-order valence-electron chi connectivity index (χ0n) is 20.9. The van der Waals surface area contributed by atoms with Crippen LogP contribution in [-0.2, 0) is 14.8 Å². The molecule has 3 aliphatic heterocycles. The monoisotopic (exact) mass is 494 g/mol. The molecule has 8 heteroatoms. The molecule has 5 fully saturated rings. The van der Waals surface area contributed by atoms with Crippen LogP contribution in [0.1, 0.15) is 89.9 Å². The highest BCUT2D eigenvalue weighted by atomic mass is 32.2. The zero-order chi connectivity index (χ0) is 23.5. The molecule has 0 aromatic heterocycles. The highest BCUT2D eigenvalue weighted by Gasteiger charge is 2.45. The van der Waals surface area contributed by atoms with Crippen LogP contribution in [0.2, 0.25) is 0 Å². The lowest BCUT2D eigenvalue weighted by Crippen LogP contribution is -2.50. The fourth-order valence-electron chi connectivity index (χ4n) is 7.59. The molecule has 7 nitrogen and oxygen atoms in total. The van der Waals surface area contributed by atoms with Gasteiger partial charge in [0, 0.05) is 38.8 Å². The number of hydrazine groups is 1. The Morgan fingerprint density at radius 2 is 1.47 bits per heavy atom. The van der Waals surface area contributed by atoms with Gasteiger partial charge in [0.2, 0.25) is 15.9 Å². The van der Waals surface area contributed by atoms with Gasteiger partial charge in [-0.2, -0.15) is 0 Å². The van der Waals surface area contributed by atoms with Crippen molar-refractivity contribution < 1.29 is 13.2 Å². The summed E-state index contributed by atoms with van der Waals surface area (Å²) in [6.45, 7) is 3.99. The van der Waals surface area contributed by atoms with E-state index in [0.29, 0.717) is 30.8 Å². The Kier molecular flexibility index (Phi) is 8.18. The molecule has 34 heavy (non-hydrogen) atoms. The SMILES string of the molecule is O=C(NCC1CCCCC1)C1CNN2CCC(C3CCN(S(=O)(=O)C4CCCCC4)CC3)CC12. The summed E-state index contributed by atoms with van der Waals surface area (Å²) in [5.74, 6) is 2.14. The van der Waals surface area contributed by atoms with Crippen LogP contribution >= 0.6 is 0 Å². The standard InChI is InChI=1S/C26H46N4O3S/c31-26(27-18-20-7-3-1-4-8-20)24-19-28-30-16-13-22(17-25(24)30)21-11-14-29(15-12-21)34(32,33)23-9-5-2-6-10-23/h20-25,28H,1-19H2,(H,27,31). The molecule has 1 amide bonds. The van der Waals surface area contributed by atoms with Crippen molar-refractivity contribution in [3.63, 3.8) is 0 Å². The number of hydrogen-bond acceptors (Lipinski definition) is 5. The Bertz CT molecular complexity index is 786. The second-order valence-corrected chi connectivity index (χ2v) is 14.0. The second kappa shape index (κ2) is 11.1. The smallest absolute Gasteiger partial charge is 0.226 e. The molecule has 3 heterocycles. The van der Waals surface area contributed by atoms with Crippen molar-refractivity contribution in [3.05, 3.63) is 0 Å². The normalized spacial score (nSPS) is 33.6. The van der Waals surface area contributed by atoms with Gasteiger partial charge in [-0.15, -0.1) is 0 Å². The number of hydrogen-bond donors (Lipinski definition) is 2. The summed E-state index contributed by atoms with van der Waals surface area (Å²) < 4.78 is 28.1. The molecule has 0 aromatic rings. The van der Waals surface area contributed by atoms with Crippen molar-refractivity contribution in [2.45, 2.75) is 101 Å². The minimum Gasteiger partial charge on any atom is -0.355 e. The maximum absolute atomic E-state index is 13.1. The van der Waals surface area contributed by atoms with E-state index in [0.717, 1.165) is 71.0 Å². The first kappa shape index (κ1) is 25.0. The molecule has 3 unspecified atom stereocenters. The Morgan fingerprint density at radius 1 is 0.824 bits per heavy atom. The van der Waals surface area contributed by atoms with Crippen LogP contribution in [0, 0.1) is 23.7 Å². The molecular weight excluding hydrogens is 448 g/mol. The van der Waals surface area contributed by atoms with Crippen LogP contribution in [-0.4, -0.2) is 67.7 Å². The lowest BCUT2D eigenvalue weighted by molar-refractivity contribution is -0.126. The summed E-state index contributed by atoms with van der Waals surface area (Å²) in [4.78, 5) is 13.1. The summed E-state index contributed by atoms with van der Waals surface area (Å²) in [7, 11) is -3.13. The summed E-state index contributed by atoms with van der Waals surface area (Å²) in [5, 5.41) is 5.48. The van der Waals surface area contributed by atoms with Gasteiger partial charge in [-0.05, 0) is 69.1 Å². The molecule has 2 aliphatic carbocycles. The van der Waals surface area contributed by atoms with Gasteiger partial charge < -0.3 is 5.32 Å². The second-order valence-electron chi connectivity index (χ2n) is 11.8. The van der Waals surface area contributed by atoms with Crippen LogP contribution in [0.4, 0.5) is 0 Å². The molecule has 3 saturated heterocycles. The van der Waals surface area contributed by atoms with Gasteiger partial charge in [0.05, 0.1) is 11.2 Å². The highest BCUT2D eigenvalue weighted by Crippen LogP contribution is 2.39. The molecule has 0 aromatic carbocycles. The predicted molar refractivity (Wildman–Crippen MR) is 134 cm³/mol. The van der Waals surface area contributed by atoms with Crippen molar-refractivity contribution in [2.24, 2.45) is 23.7 Å². The third-order valence-electron chi connectivity index (χ3n) is 9.79. The van der Waals surface area contributed by atoms with E-state index in [9.17, 15) is 13.2 Å². The molecule has 5 rings (SSSR count). The molecule has 3 atom stereocenters. The number of rotatable bonds is 6. The lowest BCUT2D eigenvalue weighted by Gasteiger charge is -2.42. The van der Waals surface area contributed by atoms with Crippen LogP contribution in [0.5, 0.6) is 0 Å². The molecule has 2 N–H and O–H groups in total. The van der Waals surface area contributed by atoms with Gasteiger partial charge in [-0.25, -0.2) is 17.7 Å². The van der Waals surface area contributed by atoms with Crippen LogP contribution in [0.25, 0.3) is 0 Å². The number of carbonyl (C=O) groups is 1. The van der Waals surface area contributed by atoms with E-state index in [-0.39, 0.29) is 23.1 Å². The maximum Gasteiger partial charge on any atom is 0.226 e. The summed E-state index contributed by atoms with van der Waals surface area (Å²) in [5.41, 5.74) is 3.50. The number of sulfonamides is 1. The summed E-state index contributed by atoms with van der Waals surface area (Å²) in [6.07, 6.45) is 15.7. The topological polar surface area (TPSA) is 81.8 Å². The van der Waals surface area contributed by atoms with Gasteiger partial charge >= 0.3 is 0 Å². The zero-order valence-corrected chi connectivity index (χ0v) is 21.7. The van der Waals surface area contributed by atoms with E-state index in [1.807, 2.05) is 4.31 Å². The average molecular weight is 495 g/mol. The van der Waals surface area contributed by atoms with Crippen LogP contribution < -0.4 is 10.7 Å². The lowest BCUT2D eigenvalue weighted by atomic mass is 9.75.